The maximum Gasteiger partial charge on any atom is 0.151 e. The van der Waals surface area contributed by atoms with Crippen molar-refractivity contribution >= 4 is 33.6 Å². The fourth-order valence-corrected chi connectivity index (χ4v) is 2.75. The smallest absolute Gasteiger partial charge is 0.151 e. The average Bonchev–Trinajstić information content (AvgIpc) is 2.59. The molecule has 0 N–H and O–H groups in total. The molecule has 0 saturated heterocycles. The van der Waals surface area contributed by atoms with E-state index < -0.39 is 0 Å². The zero-order valence-electron chi connectivity index (χ0n) is 12.0. The SMILES string of the molecule is C(=N\c1ccccn1)/c1c2ccccc2cc2ccccc12. The van der Waals surface area contributed by atoms with Gasteiger partial charge in [0, 0.05) is 18.0 Å². The number of nitrogens with zero attached hydrogens (tertiary/aromatic N) is 2. The van der Waals surface area contributed by atoms with E-state index in [0.717, 1.165) is 11.4 Å². The van der Waals surface area contributed by atoms with Crippen molar-refractivity contribution in [1.29, 1.82) is 0 Å². The average molecular weight is 282 g/mol. The minimum atomic E-state index is 0.722. The molecule has 104 valence electrons. The third-order valence-electron chi connectivity index (χ3n) is 3.79. The van der Waals surface area contributed by atoms with Crippen LogP contribution in [0.1, 0.15) is 5.56 Å². The minimum absolute atomic E-state index is 0.722. The van der Waals surface area contributed by atoms with Gasteiger partial charge >= 0.3 is 0 Å². The Balaban J connectivity index is 1.98. The van der Waals surface area contributed by atoms with E-state index in [9.17, 15) is 0 Å². The number of rotatable bonds is 2. The van der Waals surface area contributed by atoms with Crippen molar-refractivity contribution in [3.8, 4) is 0 Å². The van der Waals surface area contributed by atoms with Crippen molar-refractivity contribution in [1.82, 2.24) is 4.98 Å². The Morgan fingerprint density at radius 3 is 2.00 bits per heavy atom. The van der Waals surface area contributed by atoms with Gasteiger partial charge in [0.1, 0.15) is 0 Å². The zero-order valence-corrected chi connectivity index (χ0v) is 12.0. The molecule has 1 heterocycles. The van der Waals surface area contributed by atoms with E-state index in [0.29, 0.717) is 0 Å². The normalized spacial score (nSPS) is 11.5. The van der Waals surface area contributed by atoms with Gasteiger partial charge in [0.05, 0.1) is 0 Å². The molecule has 0 aliphatic rings. The Labute approximate surface area is 128 Å². The topological polar surface area (TPSA) is 25.2 Å². The summed E-state index contributed by atoms with van der Waals surface area (Å²) < 4.78 is 0. The Kier molecular flexibility index (Phi) is 3.13. The lowest BCUT2D eigenvalue weighted by atomic mass is 9.97. The van der Waals surface area contributed by atoms with Gasteiger partial charge in [-0.1, -0.05) is 54.6 Å². The molecule has 0 bridgehead atoms. The number of hydrogen-bond donors (Lipinski definition) is 0. The van der Waals surface area contributed by atoms with Crippen LogP contribution in [-0.4, -0.2) is 11.2 Å². The largest absolute Gasteiger partial charge is 0.237 e. The van der Waals surface area contributed by atoms with Crippen LogP contribution in [0.4, 0.5) is 5.82 Å². The van der Waals surface area contributed by atoms with Crippen molar-refractivity contribution in [3.05, 3.63) is 84.6 Å². The molecule has 0 aliphatic carbocycles. The summed E-state index contributed by atoms with van der Waals surface area (Å²) in [5.41, 5.74) is 1.14. The molecule has 1 aromatic heterocycles. The third kappa shape index (κ3) is 2.25. The fraction of sp³-hybridized carbons (Fsp3) is 0. The van der Waals surface area contributed by atoms with E-state index in [-0.39, 0.29) is 0 Å². The van der Waals surface area contributed by atoms with Gasteiger partial charge in [-0.05, 0) is 39.7 Å². The standard InChI is InChI=1S/C20H14N2/c1-3-9-17-15(7-1)13-16-8-2-4-10-18(16)19(17)14-22-20-11-5-6-12-21-20/h1-14H/b22-14+. The molecule has 4 aromatic rings. The molecule has 0 radical (unpaired) electrons. The maximum absolute atomic E-state index is 4.54. The second kappa shape index (κ2) is 5.41. The number of hydrogen-bond acceptors (Lipinski definition) is 2. The Hall–Kier alpha value is -3.00. The van der Waals surface area contributed by atoms with Gasteiger partial charge in [0.2, 0.25) is 0 Å². The second-order valence-corrected chi connectivity index (χ2v) is 5.18. The molecule has 4 rings (SSSR count). The molecule has 2 heteroatoms. The summed E-state index contributed by atoms with van der Waals surface area (Å²) in [4.78, 5) is 8.80. The van der Waals surface area contributed by atoms with Crippen LogP contribution in [0.15, 0.2) is 84.0 Å². The van der Waals surface area contributed by atoms with Gasteiger partial charge in [0.15, 0.2) is 5.82 Å². The van der Waals surface area contributed by atoms with Crippen LogP contribution >= 0.6 is 0 Å². The summed E-state index contributed by atoms with van der Waals surface area (Å²) in [6, 6.07) is 24.8. The van der Waals surface area contributed by atoms with Crippen LogP contribution in [0.25, 0.3) is 21.5 Å². The molecular weight excluding hydrogens is 268 g/mol. The predicted octanol–water partition coefficient (Wildman–Crippen LogP) is 5.14. The second-order valence-electron chi connectivity index (χ2n) is 5.18. The molecule has 0 atom stereocenters. The molecule has 22 heavy (non-hydrogen) atoms. The molecule has 0 aliphatic heterocycles. The molecule has 0 unspecified atom stereocenters. The van der Waals surface area contributed by atoms with Gasteiger partial charge in [-0.25, -0.2) is 9.98 Å². The Morgan fingerprint density at radius 2 is 1.36 bits per heavy atom. The Morgan fingerprint density at radius 1 is 0.727 bits per heavy atom. The first-order valence-electron chi connectivity index (χ1n) is 7.27. The molecule has 0 spiro atoms. The van der Waals surface area contributed by atoms with E-state index in [1.807, 2.05) is 24.4 Å². The molecule has 3 aromatic carbocycles. The van der Waals surface area contributed by atoms with Crippen LogP contribution in [0, 0.1) is 0 Å². The lowest BCUT2D eigenvalue weighted by Gasteiger charge is -2.07. The first-order chi connectivity index (χ1) is 10.9. The van der Waals surface area contributed by atoms with Gasteiger partial charge in [0.25, 0.3) is 0 Å². The van der Waals surface area contributed by atoms with Crippen LogP contribution in [0.5, 0.6) is 0 Å². The molecule has 0 saturated carbocycles. The zero-order chi connectivity index (χ0) is 14.8. The monoisotopic (exact) mass is 282 g/mol. The van der Waals surface area contributed by atoms with E-state index in [2.05, 4.69) is 64.6 Å². The maximum atomic E-state index is 4.54. The Bertz CT molecular complexity index is 918. The number of fused-ring (bicyclic) bond motifs is 2. The number of aliphatic imine (C=N–C) groups is 1. The van der Waals surface area contributed by atoms with Crippen molar-refractivity contribution in [2.75, 3.05) is 0 Å². The third-order valence-corrected chi connectivity index (χ3v) is 3.79. The first-order valence-corrected chi connectivity index (χ1v) is 7.27. The van der Waals surface area contributed by atoms with Crippen LogP contribution in [-0.2, 0) is 0 Å². The van der Waals surface area contributed by atoms with Crippen LogP contribution in [0.2, 0.25) is 0 Å². The van der Waals surface area contributed by atoms with Gasteiger partial charge in [-0.2, -0.15) is 0 Å². The van der Waals surface area contributed by atoms with E-state index in [1.165, 1.54) is 21.5 Å². The van der Waals surface area contributed by atoms with Gasteiger partial charge in [-0.3, -0.25) is 0 Å². The first kappa shape index (κ1) is 12.7. The van der Waals surface area contributed by atoms with Gasteiger partial charge in [-0.15, -0.1) is 0 Å². The highest BCUT2D eigenvalue weighted by Crippen LogP contribution is 2.27. The van der Waals surface area contributed by atoms with Crippen molar-refractivity contribution in [2.24, 2.45) is 4.99 Å². The highest BCUT2D eigenvalue weighted by molar-refractivity contribution is 6.13. The van der Waals surface area contributed by atoms with Crippen LogP contribution < -0.4 is 0 Å². The molecule has 0 fully saturated rings. The molecular formula is C20H14N2. The fourth-order valence-electron chi connectivity index (χ4n) is 2.75. The lowest BCUT2D eigenvalue weighted by Crippen LogP contribution is -1.88. The van der Waals surface area contributed by atoms with E-state index in [1.54, 1.807) is 6.20 Å². The molecule has 0 amide bonds. The van der Waals surface area contributed by atoms with Crippen molar-refractivity contribution < 1.29 is 0 Å². The quantitative estimate of drug-likeness (QED) is 0.369. The minimum Gasteiger partial charge on any atom is -0.237 e. The number of pyridine rings is 1. The number of benzene rings is 3. The summed E-state index contributed by atoms with van der Waals surface area (Å²) in [6.45, 7) is 0. The van der Waals surface area contributed by atoms with Crippen molar-refractivity contribution in [2.45, 2.75) is 0 Å². The van der Waals surface area contributed by atoms with Crippen molar-refractivity contribution in [3.63, 3.8) is 0 Å². The lowest BCUT2D eigenvalue weighted by molar-refractivity contribution is 1.28. The summed E-state index contributed by atoms with van der Waals surface area (Å²) in [6.07, 6.45) is 3.68. The van der Waals surface area contributed by atoms with Crippen LogP contribution in [0.3, 0.4) is 0 Å². The summed E-state index contributed by atoms with van der Waals surface area (Å²) >= 11 is 0. The highest BCUT2D eigenvalue weighted by Gasteiger charge is 2.05. The summed E-state index contributed by atoms with van der Waals surface area (Å²) in [7, 11) is 0. The molecule has 2 nitrogen and oxygen atoms in total. The van der Waals surface area contributed by atoms with E-state index in [4.69, 9.17) is 0 Å². The summed E-state index contributed by atoms with van der Waals surface area (Å²) in [5.74, 6) is 0.722. The predicted molar refractivity (Wildman–Crippen MR) is 92.9 cm³/mol. The van der Waals surface area contributed by atoms with E-state index >= 15 is 0 Å². The highest BCUT2D eigenvalue weighted by atomic mass is 14.9. The number of aromatic nitrogens is 1. The van der Waals surface area contributed by atoms with Gasteiger partial charge < -0.3 is 0 Å². The summed E-state index contributed by atoms with van der Waals surface area (Å²) in [5, 5.41) is 4.87.